The zero-order valence-corrected chi connectivity index (χ0v) is 7.78. The molecular weight excluding hydrogens is 176 g/mol. The number of ether oxygens (including phenoxy) is 1. The molecule has 1 heterocycles. The lowest BCUT2D eigenvalue weighted by molar-refractivity contribution is -0.234. The number of nitrogens with two attached hydrogens (primary N) is 1. The monoisotopic (exact) mass is 191 g/mol. The average molecular weight is 191 g/mol. The third kappa shape index (κ3) is 1.12. The van der Waals surface area contributed by atoms with Crippen LogP contribution in [0.2, 0.25) is 0 Å². The van der Waals surface area contributed by atoms with Crippen LogP contribution in [0.25, 0.3) is 0 Å². The van der Waals surface area contributed by atoms with Gasteiger partial charge in [-0.25, -0.2) is 8.78 Å². The summed E-state index contributed by atoms with van der Waals surface area (Å²) in [6.45, 7) is 3.10. The van der Waals surface area contributed by atoms with E-state index in [1.54, 1.807) is 0 Å². The van der Waals surface area contributed by atoms with Crippen LogP contribution in [0, 0.1) is 5.41 Å². The number of hydrogen-bond donors (Lipinski definition) is 1. The Labute approximate surface area is 76.4 Å². The second-order valence-electron chi connectivity index (χ2n) is 4.49. The largest absolute Gasteiger partial charge is 0.380 e. The Morgan fingerprint density at radius 3 is 2.08 bits per heavy atom. The molecule has 2 N–H and O–H groups in total. The van der Waals surface area contributed by atoms with Crippen molar-refractivity contribution < 1.29 is 13.5 Å². The first-order valence-electron chi connectivity index (χ1n) is 4.68. The highest BCUT2D eigenvalue weighted by Gasteiger charge is 2.65. The van der Waals surface area contributed by atoms with E-state index in [2.05, 4.69) is 0 Å². The van der Waals surface area contributed by atoms with E-state index in [4.69, 9.17) is 10.5 Å². The maximum atomic E-state index is 12.7. The van der Waals surface area contributed by atoms with E-state index < -0.39 is 11.5 Å². The highest BCUT2D eigenvalue weighted by Crippen LogP contribution is 2.56. The molecule has 1 aliphatic heterocycles. The van der Waals surface area contributed by atoms with Crippen LogP contribution in [0.1, 0.15) is 26.2 Å². The van der Waals surface area contributed by atoms with Crippen LogP contribution < -0.4 is 5.73 Å². The van der Waals surface area contributed by atoms with Gasteiger partial charge in [-0.3, -0.25) is 0 Å². The molecule has 13 heavy (non-hydrogen) atoms. The summed E-state index contributed by atoms with van der Waals surface area (Å²) < 4.78 is 30.6. The maximum absolute atomic E-state index is 12.7. The van der Waals surface area contributed by atoms with E-state index in [1.807, 2.05) is 6.92 Å². The number of rotatable bonds is 2. The minimum absolute atomic E-state index is 0.169. The van der Waals surface area contributed by atoms with Gasteiger partial charge in [-0.05, 0) is 6.42 Å². The van der Waals surface area contributed by atoms with Crippen LogP contribution in [0.5, 0.6) is 0 Å². The van der Waals surface area contributed by atoms with Crippen molar-refractivity contribution in [2.24, 2.45) is 11.1 Å². The Hall–Kier alpha value is -0.220. The van der Waals surface area contributed by atoms with Crippen LogP contribution in [-0.2, 0) is 4.74 Å². The molecule has 0 radical (unpaired) electrons. The molecule has 0 unspecified atom stereocenters. The van der Waals surface area contributed by atoms with Crippen LogP contribution in [0.3, 0.4) is 0 Å². The summed E-state index contributed by atoms with van der Waals surface area (Å²) in [6.07, 6.45) is 0.494. The predicted molar refractivity (Wildman–Crippen MR) is 44.6 cm³/mol. The molecule has 0 aromatic rings. The summed E-state index contributed by atoms with van der Waals surface area (Å²) >= 11 is 0. The van der Waals surface area contributed by atoms with Gasteiger partial charge in [-0.15, -0.1) is 0 Å². The summed E-state index contributed by atoms with van der Waals surface area (Å²) in [5, 5.41) is 0. The third-order valence-electron chi connectivity index (χ3n) is 3.64. The Kier molecular flexibility index (Phi) is 1.74. The zero-order valence-electron chi connectivity index (χ0n) is 7.78. The van der Waals surface area contributed by atoms with Gasteiger partial charge in [0, 0.05) is 23.8 Å². The first-order chi connectivity index (χ1) is 5.93. The molecule has 0 bridgehead atoms. The molecule has 1 saturated heterocycles. The fourth-order valence-corrected chi connectivity index (χ4v) is 2.44. The summed E-state index contributed by atoms with van der Waals surface area (Å²) in [5.74, 6) is -2.54. The lowest BCUT2D eigenvalue weighted by Crippen LogP contribution is -2.73. The van der Waals surface area contributed by atoms with E-state index in [0.29, 0.717) is 13.2 Å². The van der Waals surface area contributed by atoms with Gasteiger partial charge in [0.15, 0.2) is 0 Å². The van der Waals surface area contributed by atoms with Crippen molar-refractivity contribution in [3.63, 3.8) is 0 Å². The second-order valence-corrected chi connectivity index (χ2v) is 4.49. The van der Waals surface area contributed by atoms with Crippen LogP contribution in [-0.4, -0.2) is 24.7 Å². The highest BCUT2D eigenvalue weighted by molar-refractivity contribution is 5.15. The second kappa shape index (κ2) is 2.42. The SMILES string of the molecule is CCC1(C2(N)CC(F)(F)C2)COC1. The summed E-state index contributed by atoms with van der Waals surface area (Å²) in [7, 11) is 0. The molecule has 0 amide bonds. The predicted octanol–water partition coefficient (Wildman–Crippen LogP) is 1.54. The lowest BCUT2D eigenvalue weighted by Gasteiger charge is -2.60. The van der Waals surface area contributed by atoms with Crippen molar-refractivity contribution in [1.82, 2.24) is 0 Å². The first kappa shape index (κ1) is 9.34. The minimum atomic E-state index is -2.54. The molecule has 2 nitrogen and oxygen atoms in total. The van der Waals surface area contributed by atoms with E-state index in [1.165, 1.54) is 0 Å². The Bertz CT molecular complexity index is 212. The van der Waals surface area contributed by atoms with E-state index >= 15 is 0 Å². The van der Waals surface area contributed by atoms with Crippen LogP contribution in [0.4, 0.5) is 8.78 Å². The lowest BCUT2D eigenvalue weighted by atomic mass is 9.55. The van der Waals surface area contributed by atoms with Gasteiger partial charge >= 0.3 is 0 Å². The number of halogens is 2. The number of alkyl halides is 2. The van der Waals surface area contributed by atoms with Gasteiger partial charge in [-0.2, -0.15) is 0 Å². The van der Waals surface area contributed by atoms with Crippen molar-refractivity contribution in [1.29, 1.82) is 0 Å². The van der Waals surface area contributed by atoms with Crippen LogP contribution in [0.15, 0.2) is 0 Å². The van der Waals surface area contributed by atoms with E-state index in [0.717, 1.165) is 6.42 Å². The van der Waals surface area contributed by atoms with Gasteiger partial charge in [0.1, 0.15) is 0 Å². The molecule has 0 aromatic carbocycles. The maximum Gasteiger partial charge on any atom is 0.251 e. The Morgan fingerprint density at radius 1 is 1.31 bits per heavy atom. The third-order valence-corrected chi connectivity index (χ3v) is 3.64. The molecule has 2 aliphatic rings. The van der Waals surface area contributed by atoms with Gasteiger partial charge in [0.05, 0.1) is 13.2 Å². The zero-order chi connectivity index (χ0) is 9.74. The molecule has 76 valence electrons. The van der Waals surface area contributed by atoms with Crippen molar-refractivity contribution in [2.45, 2.75) is 37.6 Å². The average Bonchev–Trinajstić information content (AvgIpc) is 1.79. The van der Waals surface area contributed by atoms with Crippen molar-refractivity contribution >= 4 is 0 Å². The fraction of sp³-hybridized carbons (Fsp3) is 1.00. The van der Waals surface area contributed by atoms with E-state index in [9.17, 15) is 8.78 Å². The summed E-state index contributed by atoms with van der Waals surface area (Å²) in [5.41, 5.74) is 5.12. The standard InChI is InChI=1S/C9H15F2NO/c1-2-7(5-13-6-7)8(12)3-9(10,11)4-8/h2-6,12H2,1H3. The molecule has 2 rings (SSSR count). The molecule has 4 heteroatoms. The Morgan fingerprint density at radius 2 is 1.85 bits per heavy atom. The normalized spacial score (nSPS) is 33.2. The molecule has 0 spiro atoms. The summed E-state index contributed by atoms with van der Waals surface area (Å²) in [4.78, 5) is 0. The topological polar surface area (TPSA) is 35.2 Å². The van der Waals surface area contributed by atoms with Gasteiger partial charge in [-0.1, -0.05) is 6.92 Å². The van der Waals surface area contributed by atoms with Crippen molar-refractivity contribution in [3.05, 3.63) is 0 Å². The molecule has 0 aromatic heterocycles. The van der Waals surface area contributed by atoms with E-state index in [-0.39, 0.29) is 18.3 Å². The molecule has 1 aliphatic carbocycles. The van der Waals surface area contributed by atoms with Gasteiger partial charge in [0.25, 0.3) is 5.92 Å². The van der Waals surface area contributed by atoms with Crippen molar-refractivity contribution in [3.8, 4) is 0 Å². The minimum Gasteiger partial charge on any atom is -0.380 e. The highest BCUT2D eigenvalue weighted by atomic mass is 19.3. The fourth-order valence-electron chi connectivity index (χ4n) is 2.44. The first-order valence-corrected chi connectivity index (χ1v) is 4.68. The van der Waals surface area contributed by atoms with Gasteiger partial charge in [0.2, 0.25) is 0 Å². The quantitative estimate of drug-likeness (QED) is 0.718. The molecular formula is C9H15F2NO. The van der Waals surface area contributed by atoms with Crippen molar-refractivity contribution in [2.75, 3.05) is 13.2 Å². The Balaban J connectivity index is 2.08. The molecule has 0 atom stereocenters. The molecule has 2 fully saturated rings. The molecule has 1 saturated carbocycles. The van der Waals surface area contributed by atoms with Gasteiger partial charge < -0.3 is 10.5 Å². The van der Waals surface area contributed by atoms with Crippen LogP contribution >= 0.6 is 0 Å². The number of hydrogen-bond acceptors (Lipinski definition) is 2. The summed E-state index contributed by atoms with van der Waals surface area (Å²) in [6, 6.07) is 0. The smallest absolute Gasteiger partial charge is 0.251 e.